The van der Waals surface area contributed by atoms with E-state index in [1.165, 1.54) is 23.2 Å². The molecule has 0 saturated carbocycles. The van der Waals surface area contributed by atoms with Crippen LogP contribution in [0.4, 0.5) is 5.69 Å². The second kappa shape index (κ2) is 8.83. The van der Waals surface area contributed by atoms with Gasteiger partial charge in [-0.15, -0.1) is 0 Å². The summed E-state index contributed by atoms with van der Waals surface area (Å²) in [7, 11) is -4.37. The molecule has 6 rings (SSSR count). The first kappa shape index (κ1) is 22.9. The van der Waals surface area contributed by atoms with Crippen molar-refractivity contribution in [3.8, 4) is 0 Å². The van der Waals surface area contributed by atoms with Crippen molar-refractivity contribution < 1.29 is 18.0 Å². The molecule has 2 aliphatic heterocycles. The summed E-state index contributed by atoms with van der Waals surface area (Å²) in [5, 5.41) is 6.41. The molecule has 2 amide bonds. The molecule has 0 N–H and O–H groups in total. The van der Waals surface area contributed by atoms with Crippen LogP contribution < -0.4 is 5.01 Å². The van der Waals surface area contributed by atoms with Crippen LogP contribution in [0.25, 0.3) is 0 Å². The number of amides is 2. The monoisotopic (exact) mass is 507 g/mol. The van der Waals surface area contributed by atoms with Gasteiger partial charge in [-0.2, -0.15) is 9.41 Å². The van der Waals surface area contributed by atoms with E-state index in [0.29, 0.717) is 15.7 Å². The lowest BCUT2D eigenvalue weighted by molar-refractivity contribution is -0.126. The van der Waals surface area contributed by atoms with Crippen LogP contribution >= 0.6 is 0 Å². The second-order valence-corrected chi connectivity index (χ2v) is 10.5. The summed E-state index contributed by atoms with van der Waals surface area (Å²) in [6.45, 7) is 0. The van der Waals surface area contributed by atoms with E-state index in [1.807, 2.05) is 78.9 Å². The molecule has 0 saturated heterocycles. The molecular weight excluding hydrogens is 486 g/mol. The average molecular weight is 508 g/mol. The topological polar surface area (TPSA) is 87.1 Å². The van der Waals surface area contributed by atoms with Crippen molar-refractivity contribution in [2.24, 2.45) is 5.10 Å². The highest BCUT2D eigenvalue weighted by Gasteiger charge is 2.53. The third-order valence-corrected chi connectivity index (χ3v) is 8.35. The molecule has 0 aromatic heterocycles. The summed E-state index contributed by atoms with van der Waals surface area (Å²) >= 11 is 0. The predicted octanol–water partition coefficient (Wildman–Crippen LogP) is 4.43. The van der Waals surface area contributed by atoms with Gasteiger partial charge >= 0.3 is 0 Å². The molecule has 8 heteroatoms. The Labute approximate surface area is 214 Å². The Balaban J connectivity index is 1.55. The molecule has 0 spiro atoms. The number of hydrazone groups is 1. The number of nitrogens with zero attached hydrogens (tertiary/aromatic N) is 3. The van der Waals surface area contributed by atoms with E-state index in [-0.39, 0.29) is 10.5 Å². The first-order chi connectivity index (χ1) is 18.0. The summed E-state index contributed by atoms with van der Waals surface area (Å²) in [4.78, 5) is 27.4. The van der Waals surface area contributed by atoms with Crippen LogP contribution in [0, 0.1) is 0 Å². The number of benzene rings is 4. The summed E-state index contributed by atoms with van der Waals surface area (Å²) in [5.74, 6) is -2.34. The fourth-order valence-corrected chi connectivity index (χ4v) is 6.49. The highest BCUT2D eigenvalue weighted by atomic mass is 32.2. The van der Waals surface area contributed by atoms with Gasteiger partial charge < -0.3 is 0 Å². The third kappa shape index (κ3) is 3.65. The van der Waals surface area contributed by atoms with Crippen LogP contribution in [0.1, 0.15) is 27.4 Å². The number of carbonyl (C=O) groups is 2. The van der Waals surface area contributed by atoms with E-state index >= 15 is 0 Å². The van der Waals surface area contributed by atoms with Gasteiger partial charge in [0.15, 0.2) is 0 Å². The number of carbonyl (C=O) groups excluding carboxylic acids is 2. The molecule has 37 heavy (non-hydrogen) atoms. The zero-order chi connectivity index (χ0) is 25.6. The first-order valence-electron chi connectivity index (χ1n) is 11.7. The Morgan fingerprint density at radius 1 is 0.730 bits per heavy atom. The highest BCUT2D eigenvalue weighted by molar-refractivity contribution is 7.90. The van der Waals surface area contributed by atoms with Crippen molar-refractivity contribution in [3.05, 3.63) is 132 Å². The number of fused-ring (bicyclic) bond motifs is 1. The van der Waals surface area contributed by atoms with E-state index in [2.05, 4.69) is 0 Å². The minimum absolute atomic E-state index is 0.0134. The number of anilines is 1. The van der Waals surface area contributed by atoms with E-state index in [1.54, 1.807) is 18.2 Å². The minimum atomic E-state index is -4.37. The molecule has 0 fully saturated rings. The molecule has 0 radical (unpaired) electrons. The zero-order valence-corrected chi connectivity index (χ0v) is 20.3. The van der Waals surface area contributed by atoms with Gasteiger partial charge in [0.1, 0.15) is 10.9 Å². The van der Waals surface area contributed by atoms with E-state index in [0.717, 1.165) is 11.1 Å². The van der Waals surface area contributed by atoms with Gasteiger partial charge in [0.25, 0.3) is 21.8 Å². The van der Waals surface area contributed by atoms with Crippen molar-refractivity contribution in [3.63, 3.8) is 0 Å². The maximum atomic E-state index is 14.3. The Morgan fingerprint density at radius 2 is 1.30 bits per heavy atom. The fourth-order valence-electron chi connectivity index (χ4n) is 4.95. The highest BCUT2D eigenvalue weighted by Crippen LogP contribution is 2.40. The maximum Gasteiger partial charge on any atom is 0.276 e. The molecular formula is C29H21N3O4S. The van der Waals surface area contributed by atoms with Crippen LogP contribution in [0.2, 0.25) is 0 Å². The van der Waals surface area contributed by atoms with Crippen molar-refractivity contribution in [2.45, 2.75) is 16.9 Å². The minimum Gasteiger partial charge on any atom is -0.271 e. The number of para-hydroxylation sites is 1. The molecule has 0 bridgehead atoms. The van der Waals surface area contributed by atoms with Crippen LogP contribution in [-0.4, -0.2) is 36.3 Å². The number of imide groups is 1. The Morgan fingerprint density at radius 3 is 1.95 bits per heavy atom. The molecule has 0 aliphatic carbocycles. The van der Waals surface area contributed by atoms with Gasteiger partial charge in [0, 0.05) is 0 Å². The summed E-state index contributed by atoms with van der Waals surface area (Å²) in [6, 6.07) is 32.7. The lowest BCUT2D eigenvalue weighted by atomic mass is 9.84. The molecule has 2 aliphatic rings. The number of hydrogen-bond donors (Lipinski definition) is 0. The molecule has 2 heterocycles. The lowest BCUT2D eigenvalue weighted by Crippen LogP contribution is -2.50. The van der Waals surface area contributed by atoms with Gasteiger partial charge in [0.05, 0.1) is 22.9 Å². The van der Waals surface area contributed by atoms with Crippen LogP contribution in [0.3, 0.4) is 0 Å². The Hall–Kier alpha value is -4.56. The van der Waals surface area contributed by atoms with Crippen LogP contribution in [-0.2, 0) is 14.8 Å². The Kier molecular flexibility index (Phi) is 5.46. The van der Waals surface area contributed by atoms with E-state index < -0.39 is 33.8 Å². The first-order valence-corrected chi connectivity index (χ1v) is 13.2. The second-order valence-electron chi connectivity index (χ2n) is 8.77. The van der Waals surface area contributed by atoms with Gasteiger partial charge in [-0.05, 0) is 35.4 Å². The molecule has 4 aromatic rings. The van der Waals surface area contributed by atoms with Crippen molar-refractivity contribution >= 4 is 33.2 Å². The summed E-state index contributed by atoms with van der Waals surface area (Å²) in [6.07, 6.45) is 0. The molecule has 4 aromatic carbocycles. The molecule has 2 unspecified atom stereocenters. The Bertz CT molecular complexity index is 1640. The fraction of sp³-hybridized carbons (Fsp3) is 0.0690. The smallest absolute Gasteiger partial charge is 0.271 e. The van der Waals surface area contributed by atoms with Crippen molar-refractivity contribution in [1.82, 2.24) is 4.31 Å². The summed E-state index contributed by atoms with van der Waals surface area (Å²) in [5.41, 5.74) is 2.78. The quantitative estimate of drug-likeness (QED) is 0.381. The predicted molar refractivity (Wildman–Crippen MR) is 140 cm³/mol. The largest absolute Gasteiger partial charge is 0.276 e. The maximum absolute atomic E-state index is 14.3. The van der Waals surface area contributed by atoms with Gasteiger partial charge in [-0.1, -0.05) is 91.0 Å². The third-order valence-electron chi connectivity index (χ3n) is 6.61. The van der Waals surface area contributed by atoms with E-state index in [9.17, 15) is 18.0 Å². The number of rotatable bonds is 4. The van der Waals surface area contributed by atoms with Gasteiger partial charge in [0.2, 0.25) is 0 Å². The van der Waals surface area contributed by atoms with E-state index in [4.69, 9.17) is 5.10 Å². The molecule has 7 nitrogen and oxygen atoms in total. The molecule has 182 valence electrons. The zero-order valence-electron chi connectivity index (χ0n) is 19.5. The summed E-state index contributed by atoms with van der Waals surface area (Å²) < 4.78 is 27.3. The lowest BCUT2D eigenvalue weighted by Gasteiger charge is -2.29. The number of hydrogen-bond acceptors (Lipinski definition) is 6. The average Bonchev–Trinajstić information content (AvgIpc) is 3.44. The van der Waals surface area contributed by atoms with Crippen molar-refractivity contribution in [1.29, 1.82) is 0 Å². The van der Waals surface area contributed by atoms with Gasteiger partial charge in [-0.25, -0.2) is 8.42 Å². The standard InChI is InChI=1S/C29H21N3O4S/c33-28-23-18-10-11-19-24(23)37(35,36)32(28)29(34)27-25(20-12-4-1-5-13-20)26(21-14-6-2-7-15-21)30-31(27)22-16-8-3-9-17-22/h1-19,25,27H. The number of sulfonamides is 1. The van der Waals surface area contributed by atoms with Gasteiger partial charge in [-0.3, -0.25) is 14.6 Å². The molecule has 2 atom stereocenters. The van der Waals surface area contributed by atoms with Crippen LogP contribution in [0.5, 0.6) is 0 Å². The normalized spacial score (nSPS) is 20.0. The SMILES string of the molecule is O=C1c2ccccc2S(=O)(=O)N1C(=O)C1C(c2ccccc2)C(c2ccccc2)=NN1c1ccccc1. The van der Waals surface area contributed by atoms with Crippen molar-refractivity contribution in [2.75, 3.05) is 5.01 Å². The van der Waals surface area contributed by atoms with Crippen LogP contribution in [0.15, 0.2) is 125 Å².